The maximum atomic E-state index is 12.6. The molecule has 0 bridgehead atoms. The molecule has 29 heavy (non-hydrogen) atoms. The number of carbonyl (C=O) groups excluding carboxylic acids is 1. The van der Waals surface area contributed by atoms with Crippen molar-refractivity contribution in [3.8, 4) is 5.75 Å². The van der Waals surface area contributed by atoms with Crippen molar-refractivity contribution in [2.45, 2.75) is 59.1 Å². The number of ether oxygens (including phenoxy) is 1. The molecule has 1 N–H and O–H groups in total. The monoisotopic (exact) mass is 412 g/mol. The molecule has 1 unspecified atom stereocenters. The van der Waals surface area contributed by atoms with Crippen LogP contribution in [0, 0.1) is 0 Å². The van der Waals surface area contributed by atoms with Gasteiger partial charge in [-0.1, -0.05) is 44.2 Å². The number of nitrogens with one attached hydrogen (secondary N) is 1. The number of aromatic nitrogens is 1. The number of hydrogen-bond donors (Lipinski definition) is 1. The molecule has 0 saturated heterocycles. The molecular weight excluding hydrogens is 384 g/mol. The lowest BCUT2D eigenvalue weighted by molar-refractivity contribution is -0.122. The van der Waals surface area contributed by atoms with Crippen molar-refractivity contribution in [2.75, 3.05) is 5.32 Å². The van der Waals surface area contributed by atoms with Crippen LogP contribution in [0.15, 0.2) is 47.3 Å². The summed E-state index contributed by atoms with van der Waals surface area (Å²) in [6.45, 7) is 12.1. The van der Waals surface area contributed by atoms with Crippen LogP contribution in [0.2, 0.25) is 0 Å². The van der Waals surface area contributed by atoms with E-state index >= 15 is 0 Å². The van der Waals surface area contributed by atoms with Crippen molar-refractivity contribution in [2.24, 2.45) is 0 Å². The van der Waals surface area contributed by atoms with E-state index in [1.165, 1.54) is 16.9 Å². The number of fused-ring (bicyclic) bond motifs is 1. The summed E-state index contributed by atoms with van der Waals surface area (Å²) in [5, 5.41) is 2.88. The van der Waals surface area contributed by atoms with Crippen LogP contribution in [0.25, 0.3) is 10.2 Å². The third-order valence-corrected chi connectivity index (χ3v) is 5.72. The lowest BCUT2D eigenvalue weighted by Gasteiger charge is -2.20. The Hall–Kier alpha value is -2.60. The molecule has 3 aromatic rings. The lowest BCUT2D eigenvalue weighted by Crippen LogP contribution is -2.30. The molecule has 2 aromatic carbocycles. The molecule has 0 aliphatic rings. The molecule has 1 heterocycles. The van der Waals surface area contributed by atoms with Crippen LogP contribution >= 0.6 is 11.3 Å². The Kier molecular flexibility index (Phi) is 5.85. The first-order valence-electron chi connectivity index (χ1n) is 9.79. The van der Waals surface area contributed by atoms with Gasteiger partial charge in [0, 0.05) is 11.7 Å². The van der Waals surface area contributed by atoms with Crippen molar-refractivity contribution < 1.29 is 9.53 Å². The van der Waals surface area contributed by atoms with E-state index in [4.69, 9.17) is 4.74 Å². The molecule has 1 amide bonds. The zero-order chi connectivity index (χ0) is 21.3. The van der Waals surface area contributed by atoms with Crippen molar-refractivity contribution in [3.05, 3.63) is 57.7 Å². The Bertz CT molecular complexity index is 1070. The normalized spacial score (nSPS) is 12.9. The Balaban J connectivity index is 1.70. The molecule has 6 heteroatoms. The maximum Gasteiger partial charge on any atom is 0.308 e. The van der Waals surface area contributed by atoms with E-state index in [9.17, 15) is 9.59 Å². The van der Waals surface area contributed by atoms with Crippen LogP contribution in [0.3, 0.4) is 0 Å². The summed E-state index contributed by atoms with van der Waals surface area (Å²) in [7, 11) is 0. The van der Waals surface area contributed by atoms with E-state index in [1.54, 1.807) is 11.5 Å². The molecule has 0 fully saturated rings. The summed E-state index contributed by atoms with van der Waals surface area (Å²) in [4.78, 5) is 24.8. The average molecular weight is 413 g/mol. The van der Waals surface area contributed by atoms with E-state index in [1.807, 2.05) is 56.3 Å². The van der Waals surface area contributed by atoms with Gasteiger partial charge in [0.25, 0.3) is 5.91 Å². The van der Waals surface area contributed by atoms with Crippen LogP contribution in [-0.4, -0.2) is 16.6 Å². The topological polar surface area (TPSA) is 60.3 Å². The highest BCUT2D eigenvalue weighted by Crippen LogP contribution is 2.26. The van der Waals surface area contributed by atoms with Crippen molar-refractivity contribution >= 4 is 33.1 Å². The van der Waals surface area contributed by atoms with Crippen LogP contribution in [0.5, 0.6) is 5.75 Å². The lowest BCUT2D eigenvalue weighted by atomic mass is 9.87. The SMILES string of the molecule is CC(Oc1ccc(C(C)(C)C)cc1)C(=O)Nc1ccc2c(c1)sc(=O)n2C(C)C. The summed E-state index contributed by atoms with van der Waals surface area (Å²) in [5.74, 6) is 0.420. The van der Waals surface area contributed by atoms with Gasteiger partial charge in [0.15, 0.2) is 6.10 Å². The molecule has 0 aliphatic carbocycles. The second-order valence-corrected chi connectivity index (χ2v) is 9.53. The Morgan fingerprint density at radius 1 is 1.07 bits per heavy atom. The number of amides is 1. The summed E-state index contributed by atoms with van der Waals surface area (Å²) < 4.78 is 8.41. The van der Waals surface area contributed by atoms with Gasteiger partial charge in [-0.2, -0.15) is 0 Å². The standard InChI is InChI=1S/C23H28N2O3S/c1-14(2)25-19-12-9-17(13-20(19)29-22(25)27)24-21(26)15(3)28-18-10-7-16(8-11-18)23(4,5)6/h7-15H,1-6H3,(H,24,26). The molecule has 0 aliphatic heterocycles. The Labute approximate surface area is 175 Å². The third-order valence-electron chi connectivity index (χ3n) is 4.80. The molecule has 0 radical (unpaired) electrons. The zero-order valence-electron chi connectivity index (χ0n) is 17.8. The van der Waals surface area contributed by atoms with Crippen LogP contribution in [-0.2, 0) is 10.2 Å². The fourth-order valence-electron chi connectivity index (χ4n) is 3.14. The van der Waals surface area contributed by atoms with Gasteiger partial charge < -0.3 is 10.1 Å². The van der Waals surface area contributed by atoms with Gasteiger partial charge in [0.05, 0.1) is 10.2 Å². The minimum absolute atomic E-state index is 0.00822. The number of hydrogen-bond acceptors (Lipinski definition) is 4. The van der Waals surface area contributed by atoms with Gasteiger partial charge in [0.2, 0.25) is 0 Å². The fourth-order valence-corrected chi connectivity index (χ4v) is 4.19. The maximum absolute atomic E-state index is 12.6. The van der Waals surface area contributed by atoms with E-state index in [0.29, 0.717) is 11.4 Å². The Morgan fingerprint density at radius 3 is 2.31 bits per heavy atom. The molecule has 154 valence electrons. The average Bonchev–Trinajstić information content (AvgIpc) is 2.96. The van der Waals surface area contributed by atoms with Crippen molar-refractivity contribution in [1.29, 1.82) is 0 Å². The Morgan fingerprint density at radius 2 is 1.72 bits per heavy atom. The number of anilines is 1. The second kappa shape index (κ2) is 8.03. The quantitative estimate of drug-likeness (QED) is 0.615. The summed E-state index contributed by atoms with van der Waals surface area (Å²) in [6.07, 6.45) is -0.648. The highest BCUT2D eigenvalue weighted by Gasteiger charge is 2.18. The highest BCUT2D eigenvalue weighted by atomic mass is 32.1. The van der Waals surface area contributed by atoms with E-state index in [-0.39, 0.29) is 22.2 Å². The number of carbonyl (C=O) groups is 1. The second-order valence-electron chi connectivity index (χ2n) is 8.54. The minimum atomic E-state index is -0.648. The van der Waals surface area contributed by atoms with Crippen molar-refractivity contribution in [1.82, 2.24) is 4.57 Å². The smallest absolute Gasteiger partial charge is 0.308 e. The van der Waals surface area contributed by atoms with Crippen molar-refractivity contribution in [3.63, 3.8) is 0 Å². The molecule has 1 atom stereocenters. The number of benzene rings is 2. The highest BCUT2D eigenvalue weighted by molar-refractivity contribution is 7.16. The summed E-state index contributed by atoms with van der Waals surface area (Å²) >= 11 is 1.19. The number of thiazole rings is 1. The zero-order valence-corrected chi connectivity index (χ0v) is 18.6. The van der Waals surface area contributed by atoms with E-state index in [0.717, 1.165) is 10.2 Å². The predicted molar refractivity (Wildman–Crippen MR) is 120 cm³/mol. The minimum Gasteiger partial charge on any atom is -0.481 e. The van der Waals surface area contributed by atoms with Gasteiger partial charge in [-0.15, -0.1) is 0 Å². The summed E-state index contributed by atoms with van der Waals surface area (Å²) in [6, 6.07) is 13.4. The van der Waals surface area contributed by atoms with Gasteiger partial charge in [0.1, 0.15) is 5.75 Å². The molecule has 0 saturated carbocycles. The van der Waals surface area contributed by atoms with E-state index in [2.05, 4.69) is 26.1 Å². The first-order valence-corrected chi connectivity index (χ1v) is 10.6. The van der Waals surface area contributed by atoms with Gasteiger partial charge in [-0.25, -0.2) is 0 Å². The summed E-state index contributed by atoms with van der Waals surface area (Å²) in [5.41, 5.74) is 2.82. The van der Waals surface area contributed by atoms with E-state index < -0.39 is 6.10 Å². The van der Waals surface area contributed by atoms with Crippen LogP contribution in [0.1, 0.15) is 53.1 Å². The molecule has 3 rings (SSSR count). The fraction of sp³-hybridized carbons (Fsp3) is 0.391. The first-order chi connectivity index (χ1) is 13.6. The molecule has 5 nitrogen and oxygen atoms in total. The predicted octanol–water partition coefficient (Wildman–Crippen LogP) is 5.35. The van der Waals surface area contributed by atoms with Crippen LogP contribution in [0.4, 0.5) is 5.69 Å². The largest absolute Gasteiger partial charge is 0.481 e. The van der Waals surface area contributed by atoms with Crippen LogP contribution < -0.4 is 14.9 Å². The van der Waals surface area contributed by atoms with Gasteiger partial charge in [-0.3, -0.25) is 14.2 Å². The molecular formula is C23H28N2O3S. The van der Waals surface area contributed by atoms with Gasteiger partial charge in [-0.05, 0) is 62.1 Å². The molecule has 1 aromatic heterocycles. The first kappa shape index (κ1) is 21.1. The number of nitrogens with zero attached hydrogens (tertiary/aromatic N) is 1. The molecule has 0 spiro atoms. The third kappa shape index (κ3) is 4.70. The van der Waals surface area contributed by atoms with Gasteiger partial charge >= 0.3 is 4.87 Å². The number of rotatable bonds is 5.